The molecule has 2 atom stereocenters. The lowest BCUT2D eigenvalue weighted by Gasteiger charge is -2.35. The summed E-state index contributed by atoms with van der Waals surface area (Å²) >= 11 is 1.64. The maximum Gasteiger partial charge on any atom is 0.307 e. The van der Waals surface area contributed by atoms with Gasteiger partial charge in [-0.3, -0.25) is 9.69 Å². The van der Waals surface area contributed by atoms with Crippen molar-refractivity contribution in [2.24, 2.45) is 17.8 Å². The van der Waals surface area contributed by atoms with Crippen LogP contribution in [0.2, 0.25) is 0 Å². The van der Waals surface area contributed by atoms with E-state index in [0.29, 0.717) is 6.61 Å². The maximum atomic E-state index is 11.7. The van der Waals surface area contributed by atoms with Crippen molar-refractivity contribution in [3.05, 3.63) is 64.0 Å². The van der Waals surface area contributed by atoms with Crippen LogP contribution >= 0.6 is 11.3 Å². The summed E-state index contributed by atoms with van der Waals surface area (Å²) in [5.74, 6) is 0.434. The molecule has 1 saturated carbocycles. The lowest BCUT2D eigenvalue weighted by Crippen LogP contribution is -2.44. The van der Waals surface area contributed by atoms with Crippen molar-refractivity contribution in [1.82, 2.24) is 9.88 Å². The van der Waals surface area contributed by atoms with E-state index in [2.05, 4.69) is 59.4 Å². The number of carboxylic acids is 1. The number of nitrogens with zero attached hydrogens (tertiary/aromatic N) is 3. The third-order valence-corrected chi connectivity index (χ3v) is 9.49. The van der Waals surface area contributed by atoms with Gasteiger partial charge in [-0.15, -0.1) is 11.3 Å². The lowest BCUT2D eigenvalue weighted by molar-refractivity contribution is -0.144. The number of benzene rings is 2. The summed E-state index contributed by atoms with van der Waals surface area (Å²) < 4.78 is 11.9. The van der Waals surface area contributed by atoms with Crippen LogP contribution in [-0.4, -0.2) is 60.4 Å². The zero-order valence-electron chi connectivity index (χ0n) is 22.8. The molecule has 1 aliphatic carbocycles. The van der Waals surface area contributed by atoms with E-state index in [1.54, 1.807) is 11.3 Å². The Morgan fingerprint density at radius 3 is 2.59 bits per heavy atom. The lowest BCUT2D eigenvalue weighted by atomic mass is 9.85. The molecule has 0 amide bonds. The van der Waals surface area contributed by atoms with Gasteiger partial charge in [0.15, 0.2) is 5.13 Å². The summed E-state index contributed by atoms with van der Waals surface area (Å²) in [6.45, 7) is 10.9. The van der Waals surface area contributed by atoms with E-state index in [1.165, 1.54) is 16.7 Å². The van der Waals surface area contributed by atoms with Gasteiger partial charge >= 0.3 is 5.97 Å². The third-order valence-electron chi connectivity index (χ3n) is 8.59. The van der Waals surface area contributed by atoms with Crippen LogP contribution in [0.15, 0.2) is 41.8 Å². The summed E-state index contributed by atoms with van der Waals surface area (Å²) in [7, 11) is 0. The molecule has 3 aromatic rings. The molecule has 2 unspecified atom stereocenters. The Morgan fingerprint density at radius 2 is 1.87 bits per heavy atom. The first kappa shape index (κ1) is 26.3. The van der Waals surface area contributed by atoms with Gasteiger partial charge < -0.3 is 19.5 Å². The predicted molar refractivity (Wildman–Crippen MR) is 153 cm³/mol. The van der Waals surface area contributed by atoms with E-state index in [4.69, 9.17) is 14.5 Å². The number of aromatic nitrogens is 1. The zero-order valence-corrected chi connectivity index (χ0v) is 23.6. The van der Waals surface area contributed by atoms with E-state index < -0.39 is 5.97 Å². The molecule has 206 valence electrons. The fourth-order valence-electron chi connectivity index (χ4n) is 6.48. The van der Waals surface area contributed by atoms with Crippen molar-refractivity contribution in [3.63, 3.8) is 0 Å². The summed E-state index contributed by atoms with van der Waals surface area (Å²) in [6.07, 6.45) is 2.00. The van der Waals surface area contributed by atoms with E-state index >= 15 is 0 Å². The van der Waals surface area contributed by atoms with Crippen molar-refractivity contribution in [2.75, 3.05) is 44.3 Å². The van der Waals surface area contributed by atoms with Crippen LogP contribution in [0, 0.1) is 31.6 Å². The number of hydrogen-bond acceptors (Lipinski definition) is 7. The van der Waals surface area contributed by atoms with Crippen LogP contribution in [0.25, 0.3) is 11.3 Å². The first-order valence-corrected chi connectivity index (χ1v) is 14.9. The number of aliphatic carboxylic acids is 1. The second kappa shape index (κ2) is 11.3. The molecule has 6 rings (SSSR count). The van der Waals surface area contributed by atoms with Gasteiger partial charge in [0.25, 0.3) is 0 Å². The molecule has 3 heterocycles. The topological polar surface area (TPSA) is 75.1 Å². The number of fused-ring (bicyclic) bond motifs is 2. The van der Waals surface area contributed by atoms with Crippen molar-refractivity contribution in [2.45, 2.75) is 39.8 Å². The van der Waals surface area contributed by atoms with Gasteiger partial charge in [-0.2, -0.15) is 0 Å². The second-order valence-electron chi connectivity index (χ2n) is 11.3. The Labute approximate surface area is 234 Å². The highest BCUT2D eigenvalue weighted by Crippen LogP contribution is 2.44. The van der Waals surface area contributed by atoms with Gasteiger partial charge in [-0.1, -0.05) is 29.8 Å². The Morgan fingerprint density at radius 1 is 1.10 bits per heavy atom. The van der Waals surface area contributed by atoms with Gasteiger partial charge in [-0.25, -0.2) is 4.98 Å². The van der Waals surface area contributed by atoms with Gasteiger partial charge in [0, 0.05) is 43.7 Å². The summed E-state index contributed by atoms with van der Waals surface area (Å²) in [4.78, 5) is 21.5. The van der Waals surface area contributed by atoms with Crippen LogP contribution in [0.1, 0.15) is 35.1 Å². The molecular formula is C31H37N3O4S. The number of piperidine rings is 1. The van der Waals surface area contributed by atoms with Crippen molar-refractivity contribution < 1.29 is 19.4 Å². The number of ether oxygens (including phenoxy) is 2. The maximum absolute atomic E-state index is 11.7. The standard InChI is InChI=1S/C31H37N3O4S/c1-20-3-8-28(38-18-25-5-4-22(14-21(25)2)15-33-9-11-37-12-10-33)26(13-20)27-19-39-31(32-27)34-16-23-6-7-24(17-34)29(23)30(35)36/h3-5,8,13-14,19,23-24,29H,6-7,9-12,15-18H2,1-2H3,(H,35,36). The molecular weight excluding hydrogens is 510 g/mol. The average Bonchev–Trinajstić information content (AvgIpc) is 3.52. The minimum absolute atomic E-state index is 0.200. The van der Waals surface area contributed by atoms with E-state index in [9.17, 15) is 9.90 Å². The Hall–Kier alpha value is -2.94. The molecule has 2 saturated heterocycles. The molecule has 0 radical (unpaired) electrons. The molecule has 3 fully saturated rings. The Balaban J connectivity index is 1.15. The third kappa shape index (κ3) is 5.69. The zero-order chi connectivity index (χ0) is 26.9. The highest BCUT2D eigenvalue weighted by molar-refractivity contribution is 7.14. The van der Waals surface area contributed by atoms with E-state index in [0.717, 1.165) is 86.5 Å². The molecule has 2 aromatic carbocycles. The number of rotatable bonds is 8. The molecule has 0 spiro atoms. The monoisotopic (exact) mass is 547 g/mol. The minimum atomic E-state index is -0.634. The number of morpholine rings is 1. The van der Waals surface area contributed by atoms with Crippen LogP contribution in [0.3, 0.4) is 0 Å². The van der Waals surface area contributed by atoms with Gasteiger partial charge in [0.05, 0.1) is 24.8 Å². The second-order valence-corrected chi connectivity index (χ2v) is 12.2. The van der Waals surface area contributed by atoms with Gasteiger partial charge in [-0.05, 0) is 67.3 Å². The van der Waals surface area contributed by atoms with Crippen LogP contribution in [0.4, 0.5) is 5.13 Å². The quantitative estimate of drug-likeness (QED) is 0.406. The normalized spacial score (nSPS) is 23.2. The molecule has 1 aromatic heterocycles. The molecule has 1 N–H and O–H groups in total. The molecule has 3 aliphatic rings. The number of carbonyl (C=O) groups is 1. The van der Waals surface area contributed by atoms with E-state index in [1.807, 2.05) is 6.07 Å². The number of thiazole rings is 1. The van der Waals surface area contributed by atoms with Gasteiger partial charge in [0.2, 0.25) is 0 Å². The Kier molecular flexibility index (Phi) is 7.60. The highest BCUT2D eigenvalue weighted by Gasteiger charge is 2.46. The van der Waals surface area contributed by atoms with Crippen LogP contribution < -0.4 is 9.64 Å². The Bertz CT molecular complexity index is 1320. The van der Waals surface area contributed by atoms with Gasteiger partial charge in [0.1, 0.15) is 12.4 Å². The minimum Gasteiger partial charge on any atom is -0.488 e. The van der Waals surface area contributed by atoms with E-state index in [-0.39, 0.29) is 17.8 Å². The fraction of sp³-hybridized carbons (Fsp3) is 0.484. The van der Waals surface area contributed by atoms with Crippen molar-refractivity contribution in [3.8, 4) is 17.0 Å². The summed E-state index contributed by atoms with van der Waals surface area (Å²) in [5.41, 5.74) is 6.83. The molecule has 2 bridgehead atoms. The summed E-state index contributed by atoms with van der Waals surface area (Å²) in [5, 5.41) is 12.7. The van der Waals surface area contributed by atoms with Crippen LogP contribution in [0.5, 0.6) is 5.75 Å². The number of aryl methyl sites for hydroxylation is 2. The van der Waals surface area contributed by atoms with Crippen molar-refractivity contribution in [1.29, 1.82) is 0 Å². The van der Waals surface area contributed by atoms with Crippen molar-refractivity contribution >= 4 is 22.4 Å². The smallest absolute Gasteiger partial charge is 0.307 e. The fourth-order valence-corrected chi connectivity index (χ4v) is 7.32. The highest BCUT2D eigenvalue weighted by atomic mass is 32.1. The first-order chi connectivity index (χ1) is 18.9. The largest absolute Gasteiger partial charge is 0.488 e. The molecule has 2 aliphatic heterocycles. The van der Waals surface area contributed by atoms with Crippen LogP contribution in [-0.2, 0) is 22.7 Å². The number of hydrogen-bond donors (Lipinski definition) is 1. The predicted octanol–water partition coefficient (Wildman–Crippen LogP) is 5.39. The number of anilines is 1. The number of carboxylic acid groups (broad SMARTS) is 1. The molecule has 7 nitrogen and oxygen atoms in total. The summed E-state index contributed by atoms with van der Waals surface area (Å²) in [6, 6.07) is 13.0. The first-order valence-electron chi connectivity index (χ1n) is 14.0. The SMILES string of the molecule is Cc1ccc(OCc2ccc(CN3CCOCC3)cc2C)c(-c2csc(N3CC4CCC(C3)C4C(=O)O)n2)c1. The molecule has 39 heavy (non-hydrogen) atoms. The molecule has 8 heteroatoms. The average molecular weight is 548 g/mol.